The summed E-state index contributed by atoms with van der Waals surface area (Å²) in [6.07, 6.45) is 1.69. The first kappa shape index (κ1) is 9.15. The van der Waals surface area contributed by atoms with Gasteiger partial charge in [0.05, 0.1) is 0 Å². The predicted molar refractivity (Wildman–Crippen MR) is 55.7 cm³/mol. The molecule has 4 heteroatoms. The number of benzene rings is 1. The third-order valence-corrected chi connectivity index (χ3v) is 3.04. The third kappa shape index (κ3) is 1.48. The SMILES string of the molecule is CN1Sc2ccccc2C=C1C(=O)O. The summed E-state index contributed by atoms with van der Waals surface area (Å²) in [6, 6.07) is 7.74. The van der Waals surface area contributed by atoms with Gasteiger partial charge in [-0.05, 0) is 29.7 Å². The Morgan fingerprint density at radius 2 is 2.14 bits per heavy atom. The fourth-order valence-corrected chi connectivity index (χ4v) is 2.21. The highest BCUT2D eigenvalue weighted by molar-refractivity contribution is 7.97. The first-order valence-electron chi connectivity index (χ1n) is 4.14. The molecule has 2 rings (SSSR count). The first-order valence-corrected chi connectivity index (χ1v) is 4.91. The van der Waals surface area contributed by atoms with E-state index in [1.54, 1.807) is 17.4 Å². The van der Waals surface area contributed by atoms with Crippen molar-refractivity contribution in [3.05, 3.63) is 35.5 Å². The number of carbonyl (C=O) groups is 1. The second-order valence-corrected chi connectivity index (χ2v) is 4.13. The Labute approximate surface area is 86.2 Å². The van der Waals surface area contributed by atoms with Crippen LogP contribution in [0.3, 0.4) is 0 Å². The fourth-order valence-electron chi connectivity index (χ4n) is 1.31. The molecular formula is C10H9NO2S. The summed E-state index contributed by atoms with van der Waals surface area (Å²) in [5.41, 5.74) is 1.28. The van der Waals surface area contributed by atoms with Gasteiger partial charge in [-0.3, -0.25) is 0 Å². The zero-order chi connectivity index (χ0) is 10.1. The topological polar surface area (TPSA) is 40.5 Å². The molecule has 14 heavy (non-hydrogen) atoms. The molecular weight excluding hydrogens is 198 g/mol. The van der Waals surface area contributed by atoms with Gasteiger partial charge in [0, 0.05) is 11.9 Å². The minimum atomic E-state index is -0.894. The Bertz CT molecular complexity index is 414. The number of fused-ring (bicyclic) bond motifs is 1. The van der Waals surface area contributed by atoms with Gasteiger partial charge in [0.15, 0.2) is 0 Å². The summed E-state index contributed by atoms with van der Waals surface area (Å²) in [5, 5.41) is 8.91. The molecule has 3 nitrogen and oxygen atoms in total. The molecule has 0 spiro atoms. The molecule has 0 saturated heterocycles. The van der Waals surface area contributed by atoms with Gasteiger partial charge >= 0.3 is 5.97 Å². The van der Waals surface area contributed by atoms with Crippen LogP contribution >= 0.6 is 11.9 Å². The van der Waals surface area contributed by atoms with E-state index in [2.05, 4.69) is 0 Å². The molecule has 0 aromatic heterocycles. The molecule has 1 aliphatic heterocycles. The van der Waals surface area contributed by atoms with Crippen LogP contribution in [0, 0.1) is 0 Å². The van der Waals surface area contributed by atoms with Crippen molar-refractivity contribution < 1.29 is 9.90 Å². The van der Waals surface area contributed by atoms with Gasteiger partial charge < -0.3 is 9.41 Å². The van der Waals surface area contributed by atoms with Crippen LogP contribution in [0.5, 0.6) is 0 Å². The minimum Gasteiger partial charge on any atom is -0.477 e. The molecule has 1 heterocycles. The molecule has 0 saturated carbocycles. The molecule has 0 amide bonds. The Morgan fingerprint density at radius 1 is 1.43 bits per heavy atom. The van der Waals surface area contributed by atoms with Crippen LogP contribution in [0.25, 0.3) is 6.08 Å². The van der Waals surface area contributed by atoms with Gasteiger partial charge in [-0.15, -0.1) is 0 Å². The number of rotatable bonds is 1. The minimum absolute atomic E-state index is 0.314. The Kier molecular flexibility index (Phi) is 2.21. The van der Waals surface area contributed by atoms with Crippen molar-refractivity contribution in [3.63, 3.8) is 0 Å². The van der Waals surface area contributed by atoms with E-state index >= 15 is 0 Å². The molecule has 1 aromatic rings. The van der Waals surface area contributed by atoms with Crippen LogP contribution < -0.4 is 0 Å². The van der Waals surface area contributed by atoms with Crippen molar-refractivity contribution in [2.75, 3.05) is 7.05 Å². The average Bonchev–Trinajstić information content (AvgIpc) is 2.16. The summed E-state index contributed by atoms with van der Waals surface area (Å²) in [4.78, 5) is 11.9. The molecule has 72 valence electrons. The zero-order valence-electron chi connectivity index (χ0n) is 7.60. The predicted octanol–water partition coefficient (Wildman–Crippen LogP) is 2.06. The molecule has 0 unspecified atom stereocenters. The number of nitrogens with zero attached hydrogens (tertiary/aromatic N) is 1. The molecule has 0 atom stereocenters. The van der Waals surface area contributed by atoms with Crippen LogP contribution in [-0.4, -0.2) is 22.4 Å². The largest absolute Gasteiger partial charge is 0.477 e. The molecule has 1 aliphatic rings. The molecule has 0 radical (unpaired) electrons. The van der Waals surface area contributed by atoms with Gasteiger partial charge in [-0.2, -0.15) is 0 Å². The fraction of sp³-hybridized carbons (Fsp3) is 0.100. The van der Waals surface area contributed by atoms with E-state index in [1.807, 2.05) is 24.3 Å². The Balaban J connectivity index is 2.49. The number of aliphatic carboxylic acids is 1. The highest BCUT2D eigenvalue weighted by Crippen LogP contribution is 2.34. The molecule has 1 N–H and O–H groups in total. The quantitative estimate of drug-likeness (QED) is 0.716. The Hall–Kier alpha value is -1.42. The van der Waals surface area contributed by atoms with Crippen LogP contribution in [0.4, 0.5) is 0 Å². The number of carboxylic acids is 1. The number of hydrogen-bond acceptors (Lipinski definition) is 3. The number of likely N-dealkylation sites (N-methyl/N-ethyl adjacent to an activating group) is 1. The lowest BCUT2D eigenvalue weighted by molar-refractivity contribution is -0.133. The van der Waals surface area contributed by atoms with E-state index in [4.69, 9.17) is 5.11 Å². The summed E-state index contributed by atoms with van der Waals surface area (Å²) in [6.45, 7) is 0. The normalized spacial score (nSPS) is 14.6. The van der Waals surface area contributed by atoms with Gasteiger partial charge in [0.25, 0.3) is 0 Å². The molecule has 0 bridgehead atoms. The highest BCUT2D eigenvalue weighted by atomic mass is 32.2. The average molecular weight is 207 g/mol. The molecule has 0 fully saturated rings. The number of hydrogen-bond donors (Lipinski definition) is 1. The van der Waals surface area contributed by atoms with E-state index in [1.165, 1.54) is 11.9 Å². The summed E-state index contributed by atoms with van der Waals surface area (Å²) >= 11 is 1.43. The Morgan fingerprint density at radius 3 is 2.86 bits per heavy atom. The highest BCUT2D eigenvalue weighted by Gasteiger charge is 2.20. The van der Waals surface area contributed by atoms with Gasteiger partial charge in [0.2, 0.25) is 0 Å². The van der Waals surface area contributed by atoms with E-state index in [-0.39, 0.29) is 0 Å². The summed E-state index contributed by atoms with van der Waals surface area (Å²) in [7, 11) is 1.75. The van der Waals surface area contributed by atoms with Gasteiger partial charge in [0.1, 0.15) is 5.70 Å². The van der Waals surface area contributed by atoms with Crippen molar-refractivity contribution in [3.8, 4) is 0 Å². The van der Waals surface area contributed by atoms with Gasteiger partial charge in [-0.25, -0.2) is 4.79 Å². The van der Waals surface area contributed by atoms with Crippen LogP contribution in [0.2, 0.25) is 0 Å². The van der Waals surface area contributed by atoms with Crippen molar-refractivity contribution in [2.24, 2.45) is 0 Å². The monoisotopic (exact) mass is 207 g/mol. The van der Waals surface area contributed by atoms with Gasteiger partial charge in [-0.1, -0.05) is 18.2 Å². The maximum Gasteiger partial charge on any atom is 0.353 e. The second kappa shape index (κ2) is 3.38. The maximum atomic E-state index is 10.9. The lowest BCUT2D eigenvalue weighted by Crippen LogP contribution is -2.19. The summed E-state index contributed by atoms with van der Waals surface area (Å²) in [5.74, 6) is -0.894. The van der Waals surface area contributed by atoms with Crippen molar-refractivity contribution in [1.82, 2.24) is 4.31 Å². The van der Waals surface area contributed by atoms with Crippen LogP contribution in [0.15, 0.2) is 34.9 Å². The number of carboxylic acid groups (broad SMARTS) is 1. The van der Waals surface area contributed by atoms with E-state index in [0.717, 1.165) is 10.5 Å². The summed E-state index contributed by atoms with van der Waals surface area (Å²) < 4.78 is 1.66. The lowest BCUT2D eigenvalue weighted by Gasteiger charge is -2.23. The smallest absolute Gasteiger partial charge is 0.353 e. The zero-order valence-corrected chi connectivity index (χ0v) is 8.41. The van der Waals surface area contributed by atoms with E-state index in [0.29, 0.717) is 5.70 Å². The third-order valence-electron chi connectivity index (χ3n) is 2.00. The molecule has 0 aliphatic carbocycles. The van der Waals surface area contributed by atoms with Crippen molar-refractivity contribution in [1.29, 1.82) is 0 Å². The van der Waals surface area contributed by atoms with Crippen LogP contribution in [0.1, 0.15) is 5.56 Å². The lowest BCUT2D eigenvalue weighted by atomic mass is 10.2. The van der Waals surface area contributed by atoms with E-state index < -0.39 is 5.97 Å². The standard InChI is InChI=1S/C10H9NO2S/c1-11-8(10(12)13)6-7-4-2-3-5-9(7)14-11/h2-6H,1H3,(H,12,13). The maximum absolute atomic E-state index is 10.9. The van der Waals surface area contributed by atoms with Crippen molar-refractivity contribution >= 4 is 24.0 Å². The molecule has 1 aromatic carbocycles. The van der Waals surface area contributed by atoms with Crippen molar-refractivity contribution in [2.45, 2.75) is 4.90 Å². The van der Waals surface area contributed by atoms with E-state index in [9.17, 15) is 4.79 Å². The van der Waals surface area contributed by atoms with Crippen LogP contribution in [-0.2, 0) is 4.79 Å². The first-order chi connectivity index (χ1) is 6.68. The second-order valence-electron chi connectivity index (χ2n) is 2.96.